The number of nitriles is 1. The van der Waals surface area contributed by atoms with E-state index in [1.54, 1.807) is 6.07 Å². The highest BCUT2D eigenvalue weighted by atomic mass is 32.2. The number of aromatic nitrogens is 1. The van der Waals surface area contributed by atoms with Gasteiger partial charge in [0.2, 0.25) is 0 Å². The van der Waals surface area contributed by atoms with Crippen molar-refractivity contribution in [2.75, 3.05) is 19.4 Å². The lowest BCUT2D eigenvalue weighted by Crippen LogP contribution is -2.30. The number of carbonyl (C=O) groups is 2. The molecule has 1 fully saturated rings. The second kappa shape index (κ2) is 8.86. The highest BCUT2D eigenvalue weighted by Crippen LogP contribution is 2.40. The van der Waals surface area contributed by atoms with Gasteiger partial charge >= 0.3 is 5.97 Å². The molecule has 1 aliphatic rings. The van der Waals surface area contributed by atoms with Gasteiger partial charge in [-0.1, -0.05) is 13.8 Å². The summed E-state index contributed by atoms with van der Waals surface area (Å²) in [4.78, 5) is 28.6. The molecule has 25 heavy (non-hydrogen) atoms. The average Bonchev–Trinajstić information content (AvgIpc) is 3.43. The SMILES string of the molecule is CSc1nc(C2CC2)cc(C(=O)OCC(=O)NCCC(C)C)c1C#N. The lowest BCUT2D eigenvalue weighted by Gasteiger charge is -2.11. The lowest BCUT2D eigenvalue weighted by molar-refractivity contribution is -0.124. The van der Waals surface area contributed by atoms with Gasteiger partial charge in [-0.15, -0.1) is 11.8 Å². The Kier molecular flexibility index (Phi) is 6.82. The highest BCUT2D eigenvalue weighted by molar-refractivity contribution is 7.98. The first-order valence-electron chi connectivity index (χ1n) is 8.39. The van der Waals surface area contributed by atoms with Crippen LogP contribution < -0.4 is 5.32 Å². The van der Waals surface area contributed by atoms with Crippen LogP contribution in [0.2, 0.25) is 0 Å². The van der Waals surface area contributed by atoms with Crippen molar-refractivity contribution < 1.29 is 14.3 Å². The number of carbonyl (C=O) groups excluding carboxylic acids is 2. The van der Waals surface area contributed by atoms with E-state index in [1.165, 1.54) is 11.8 Å². The quantitative estimate of drug-likeness (QED) is 0.565. The van der Waals surface area contributed by atoms with Crippen molar-refractivity contribution in [1.82, 2.24) is 10.3 Å². The van der Waals surface area contributed by atoms with Gasteiger partial charge in [0.1, 0.15) is 11.1 Å². The summed E-state index contributed by atoms with van der Waals surface area (Å²) in [5, 5.41) is 12.6. The summed E-state index contributed by atoms with van der Waals surface area (Å²) in [5.41, 5.74) is 1.22. The minimum absolute atomic E-state index is 0.193. The van der Waals surface area contributed by atoms with Crippen LogP contribution in [0.25, 0.3) is 0 Å². The maximum Gasteiger partial charge on any atom is 0.340 e. The maximum atomic E-state index is 12.4. The molecule has 0 aliphatic heterocycles. The monoisotopic (exact) mass is 361 g/mol. The zero-order chi connectivity index (χ0) is 18.4. The third-order valence-electron chi connectivity index (χ3n) is 3.90. The first-order valence-corrected chi connectivity index (χ1v) is 9.61. The molecule has 1 aromatic heterocycles. The van der Waals surface area contributed by atoms with E-state index in [0.717, 1.165) is 25.0 Å². The lowest BCUT2D eigenvalue weighted by atomic mass is 10.1. The van der Waals surface area contributed by atoms with Gasteiger partial charge in [-0.05, 0) is 37.5 Å². The van der Waals surface area contributed by atoms with Gasteiger partial charge in [-0.2, -0.15) is 5.26 Å². The Morgan fingerprint density at radius 2 is 2.20 bits per heavy atom. The van der Waals surface area contributed by atoms with E-state index in [1.807, 2.05) is 12.3 Å². The van der Waals surface area contributed by atoms with Crippen LogP contribution >= 0.6 is 11.8 Å². The molecule has 1 aliphatic carbocycles. The molecule has 1 amide bonds. The molecule has 2 rings (SSSR count). The van der Waals surface area contributed by atoms with E-state index in [2.05, 4.69) is 24.1 Å². The summed E-state index contributed by atoms with van der Waals surface area (Å²) >= 11 is 1.33. The second-order valence-electron chi connectivity index (χ2n) is 6.47. The maximum absolute atomic E-state index is 12.4. The number of hydrogen-bond acceptors (Lipinski definition) is 6. The highest BCUT2D eigenvalue weighted by Gasteiger charge is 2.29. The number of amides is 1. The molecule has 7 heteroatoms. The van der Waals surface area contributed by atoms with Gasteiger partial charge in [0.05, 0.1) is 11.1 Å². The molecule has 0 unspecified atom stereocenters. The Hall–Kier alpha value is -2.07. The fourth-order valence-electron chi connectivity index (χ4n) is 2.31. The number of pyridine rings is 1. The summed E-state index contributed by atoms with van der Waals surface area (Å²) in [6.45, 7) is 4.34. The number of rotatable bonds is 8. The number of nitrogens with one attached hydrogen (secondary N) is 1. The van der Waals surface area contributed by atoms with E-state index in [9.17, 15) is 14.9 Å². The van der Waals surface area contributed by atoms with Gasteiger partial charge in [0.25, 0.3) is 5.91 Å². The Morgan fingerprint density at radius 1 is 1.48 bits per heavy atom. The molecule has 1 saturated carbocycles. The van der Waals surface area contributed by atoms with Gasteiger partial charge < -0.3 is 10.1 Å². The molecule has 0 saturated heterocycles. The van der Waals surface area contributed by atoms with Crippen LogP contribution in [-0.2, 0) is 9.53 Å². The second-order valence-corrected chi connectivity index (χ2v) is 7.27. The number of thioether (sulfide) groups is 1. The van der Waals surface area contributed by atoms with E-state index in [-0.39, 0.29) is 23.6 Å². The molecular formula is C18H23N3O3S. The zero-order valence-electron chi connectivity index (χ0n) is 14.8. The fraction of sp³-hybridized carbons (Fsp3) is 0.556. The number of hydrogen-bond donors (Lipinski definition) is 1. The third-order valence-corrected chi connectivity index (χ3v) is 4.59. The van der Waals surface area contributed by atoms with Crippen LogP contribution in [0.3, 0.4) is 0 Å². The molecular weight excluding hydrogens is 338 g/mol. The number of ether oxygens (including phenoxy) is 1. The molecule has 0 radical (unpaired) electrons. The van der Waals surface area contributed by atoms with Crippen LogP contribution in [-0.4, -0.2) is 36.3 Å². The number of nitrogens with zero attached hydrogens (tertiary/aromatic N) is 2. The van der Waals surface area contributed by atoms with Crippen molar-refractivity contribution in [1.29, 1.82) is 5.26 Å². The summed E-state index contributed by atoms with van der Waals surface area (Å²) in [6.07, 6.45) is 4.76. The Labute approximate surface area is 152 Å². The fourth-order valence-corrected chi connectivity index (χ4v) is 2.86. The van der Waals surface area contributed by atoms with Gasteiger partial charge in [0.15, 0.2) is 6.61 Å². The van der Waals surface area contributed by atoms with Gasteiger partial charge in [-0.3, -0.25) is 4.79 Å². The molecule has 1 aromatic rings. The van der Waals surface area contributed by atoms with Crippen molar-refractivity contribution in [2.45, 2.75) is 44.1 Å². The molecule has 0 aromatic carbocycles. The van der Waals surface area contributed by atoms with Crippen LogP contribution in [0.15, 0.2) is 11.1 Å². The van der Waals surface area contributed by atoms with Gasteiger partial charge in [0, 0.05) is 18.2 Å². The minimum atomic E-state index is -0.657. The molecule has 0 spiro atoms. The molecule has 1 heterocycles. The molecule has 0 bridgehead atoms. The average molecular weight is 361 g/mol. The standard InChI is InChI=1S/C18H23N3O3S/c1-11(2)6-7-20-16(22)10-24-18(23)13-8-15(12-4-5-12)21-17(25-3)14(13)9-19/h8,11-12H,4-7,10H2,1-3H3,(H,20,22). The first-order chi connectivity index (χ1) is 12.0. The van der Waals surface area contributed by atoms with Crippen molar-refractivity contribution in [3.8, 4) is 6.07 Å². The van der Waals surface area contributed by atoms with E-state index in [4.69, 9.17) is 4.74 Å². The van der Waals surface area contributed by atoms with Crippen LogP contribution in [0.5, 0.6) is 0 Å². The van der Waals surface area contributed by atoms with Crippen molar-refractivity contribution in [3.63, 3.8) is 0 Å². The molecule has 134 valence electrons. The predicted molar refractivity (Wildman–Crippen MR) is 95.5 cm³/mol. The smallest absolute Gasteiger partial charge is 0.340 e. The topological polar surface area (TPSA) is 92.1 Å². The van der Waals surface area contributed by atoms with E-state index in [0.29, 0.717) is 23.4 Å². The van der Waals surface area contributed by atoms with E-state index >= 15 is 0 Å². The largest absolute Gasteiger partial charge is 0.452 e. The molecule has 1 N–H and O–H groups in total. The zero-order valence-corrected chi connectivity index (χ0v) is 15.6. The van der Waals surface area contributed by atoms with Crippen LogP contribution in [0.4, 0.5) is 0 Å². The third kappa shape index (κ3) is 5.46. The van der Waals surface area contributed by atoms with Crippen molar-refractivity contribution >= 4 is 23.6 Å². The van der Waals surface area contributed by atoms with Crippen LogP contribution in [0, 0.1) is 17.2 Å². The Balaban J connectivity index is 2.04. The molecule has 6 nitrogen and oxygen atoms in total. The summed E-state index contributed by atoms with van der Waals surface area (Å²) in [6, 6.07) is 3.67. The summed E-state index contributed by atoms with van der Waals surface area (Å²) in [7, 11) is 0. The first kappa shape index (κ1) is 19.3. The van der Waals surface area contributed by atoms with E-state index < -0.39 is 5.97 Å². The Morgan fingerprint density at radius 3 is 2.76 bits per heavy atom. The Bertz CT molecular complexity index is 694. The summed E-state index contributed by atoms with van der Waals surface area (Å²) in [5.74, 6) is -0.155. The normalized spacial score (nSPS) is 13.4. The predicted octanol–water partition coefficient (Wildman–Crippen LogP) is 2.87. The summed E-state index contributed by atoms with van der Waals surface area (Å²) < 4.78 is 5.11. The van der Waals surface area contributed by atoms with Crippen molar-refractivity contribution in [3.05, 3.63) is 22.9 Å². The minimum Gasteiger partial charge on any atom is -0.452 e. The van der Waals surface area contributed by atoms with Gasteiger partial charge in [-0.25, -0.2) is 9.78 Å². The van der Waals surface area contributed by atoms with Crippen LogP contribution in [0.1, 0.15) is 60.6 Å². The number of esters is 1. The molecule has 0 atom stereocenters. The van der Waals surface area contributed by atoms with Crippen molar-refractivity contribution in [2.24, 2.45) is 5.92 Å².